The van der Waals surface area contributed by atoms with Crippen LogP contribution in [-0.4, -0.2) is 34.8 Å². The summed E-state index contributed by atoms with van der Waals surface area (Å²) < 4.78 is 10.9. The maximum atomic E-state index is 12.9. The highest BCUT2D eigenvalue weighted by Crippen LogP contribution is 2.32. The van der Waals surface area contributed by atoms with Gasteiger partial charge < -0.3 is 14.1 Å². The Morgan fingerprint density at radius 3 is 2.82 bits per heavy atom. The van der Waals surface area contributed by atoms with Crippen LogP contribution in [0.1, 0.15) is 19.4 Å². The van der Waals surface area contributed by atoms with Gasteiger partial charge in [-0.15, -0.1) is 0 Å². The van der Waals surface area contributed by atoms with Crippen LogP contribution >= 0.6 is 11.8 Å². The van der Waals surface area contributed by atoms with Crippen LogP contribution in [-0.2, 0) is 20.7 Å². The number of benzene rings is 2. The Kier molecular flexibility index (Phi) is 5.09. The summed E-state index contributed by atoms with van der Waals surface area (Å²) in [6.45, 7) is 3.60. The van der Waals surface area contributed by atoms with E-state index in [0.29, 0.717) is 10.8 Å². The number of esters is 1. The number of aromatic nitrogens is 1. The molecule has 0 N–H and O–H groups in total. The van der Waals surface area contributed by atoms with Crippen LogP contribution in [0.3, 0.4) is 0 Å². The lowest BCUT2D eigenvalue weighted by molar-refractivity contribution is -0.151. The van der Waals surface area contributed by atoms with Crippen LogP contribution in [0.15, 0.2) is 58.2 Å². The van der Waals surface area contributed by atoms with Crippen LogP contribution in [0, 0.1) is 0 Å². The maximum absolute atomic E-state index is 12.9. The van der Waals surface area contributed by atoms with Crippen molar-refractivity contribution in [2.24, 2.45) is 0 Å². The Bertz CT molecular complexity index is 999. The zero-order valence-electron chi connectivity index (χ0n) is 15.6. The standard InChI is InChI=1S/C21H20N2O4S/c1-13-11-15-7-3-5-9-17(15)23(13)20(25)14(2)26-19(24)12-28-21-22-16-8-4-6-10-18(16)27-21/h3-10,13-14H,11-12H2,1-2H3/t13-,14+/m0/s1. The zero-order valence-corrected chi connectivity index (χ0v) is 16.4. The number of nitrogens with zero attached hydrogens (tertiary/aromatic N) is 2. The van der Waals surface area contributed by atoms with Gasteiger partial charge in [0.25, 0.3) is 11.1 Å². The second-order valence-electron chi connectivity index (χ2n) is 6.76. The molecule has 7 heteroatoms. The molecule has 2 heterocycles. The van der Waals surface area contributed by atoms with E-state index >= 15 is 0 Å². The van der Waals surface area contributed by atoms with Gasteiger partial charge in [0.05, 0.1) is 0 Å². The first-order valence-corrected chi connectivity index (χ1v) is 10.1. The second kappa shape index (κ2) is 7.67. The number of amides is 1. The summed E-state index contributed by atoms with van der Waals surface area (Å²) in [5.41, 5.74) is 3.43. The molecule has 2 atom stereocenters. The van der Waals surface area contributed by atoms with Crippen molar-refractivity contribution in [3.05, 3.63) is 54.1 Å². The number of ether oxygens (including phenoxy) is 1. The number of para-hydroxylation sites is 3. The lowest BCUT2D eigenvalue weighted by Crippen LogP contribution is -2.43. The number of oxazole rings is 1. The molecule has 28 heavy (non-hydrogen) atoms. The summed E-state index contributed by atoms with van der Waals surface area (Å²) >= 11 is 1.15. The van der Waals surface area contributed by atoms with Crippen LogP contribution in [0.4, 0.5) is 5.69 Å². The maximum Gasteiger partial charge on any atom is 0.317 e. The fraction of sp³-hybridized carbons (Fsp3) is 0.286. The van der Waals surface area contributed by atoms with Crippen molar-refractivity contribution in [3.63, 3.8) is 0 Å². The summed E-state index contributed by atoms with van der Waals surface area (Å²) in [4.78, 5) is 31.1. The minimum absolute atomic E-state index is 0.0244. The van der Waals surface area contributed by atoms with Gasteiger partial charge in [-0.1, -0.05) is 42.1 Å². The van der Waals surface area contributed by atoms with Gasteiger partial charge in [0, 0.05) is 11.7 Å². The topological polar surface area (TPSA) is 72.6 Å². The predicted molar refractivity (Wildman–Crippen MR) is 107 cm³/mol. The number of hydrogen-bond acceptors (Lipinski definition) is 6. The van der Waals surface area contributed by atoms with Gasteiger partial charge in [-0.2, -0.15) is 0 Å². The molecule has 0 saturated heterocycles. The van der Waals surface area contributed by atoms with Gasteiger partial charge >= 0.3 is 5.97 Å². The van der Waals surface area contributed by atoms with E-state index in [1.54, 1.807) is 11.8 Å². The van der Waals surface area contributed by atoms with Gasteiger partial charge in [-0.25, -0.2) is 4.98 Å². The largest absolute Gasteiger partial charge is 0.452 e. The van der Waals surface area contributed by atoms with E-state index in [2.05, 4.69) is 4.98 Å². The van der Waals surface area contributed by atoms with Crippen LogP contribution < -0.4 is 4.90 Å². The fourth-order valence-corrected chi connectivity index (χ4v) is 4.03. The third kappa shape index (κ3) is 3.62. The van der Waals surface area contributed by atoms with Crippen LogP contribution in [0.5, 0.6) is 0 Å². The SMILES string of the molecule is C[C@@H](OC(=O)CSc1nc2ccccc2o1)C(=O)N1c2ccccc2C[C@@H]1C. The Labute approximate surface area is 166 Å². The number of anilines is 1. The molecule has 1 aliphatic rings. The molecule has 0 radical (unpaired) electrons. The number of thioether (sulfide) groups is 1. The Hall–Kier alpha value is -2.80. The van der Waals surface area contributed by atoms with E-state index in [1.807, 2.05) is 55.5 Å². The van der Waals surface area contributed by atoms with Crippen molar-refractivity contribution in [2.75, 3.05) is 10.7 Å². The minimum Gasteiger partial charge on any atom is -0.452 e. The molecular formula is C21H20N2O4S. The fourth-order valence-electron chi connectivity index (χ4n) is 3.41. The Balaban J connectivity index is 1.36. The van der Waals surface area contributed by atoms with Gasteiger partial charge in [-0.3, -0.25) is 9.59 Å². The molecule has 4 rings (SSSR count). The normalized spacial score (nSPS) is 16.8. The molecule has 0 saturated carbocycles. The monoisotopic (exact) mass is 396 g/mol. The van der Waals surface area contributed by atoms with E-state index in [0.717, 1.165) is 35.0 Å². The summed E-state index contributed by atoms with van der Waals surface area (Å²) in [7, 11) is 0. The third-order valence-corrected chi connectivity index (χ3v) is 5.49. The molecule has 0 spiro atoms. The molecular weight excluding hydrogens is 376 g/mol. The molecule has 0 unspecified atom stereocenters. The highest BCUT2D eigenvalue weighted by Gasteiger charge is 2.34. The van der Waals surface area contributed by atoms with Crippen molar-refractivity contribution in [1.82, 2.24) is 4.98 Å². The van der Waals surface area contributed by atoms with Crippen molar-refractivity contribution < 1.29 is 18.7 Å². The number of carbonyl (C=O) groups is 2. The molecule has 0 fully saturated rings. The summed E-state index contributed by atoms with van der Waals surface area (Å²) in [6, 6.07) is 15.3. The molecule has 144 valence electrons. The summed E-state index contributed by atoms with van der Waals surface area (Å²) in [6.07, 6.45) is -0.0544. The van der Waals surface area contributed by atoms with Gasteiger partial charge in [0.1, 0.15) is 11.3 Å². The van der Waals surface area contributed by atoms with Crippen molar-refractivity contribution in [3.8, 4) is 0 Å². The summed E-state index contributed by atoms with van der Waals surface area (Å²) in [5.74, 6) is -0.665. The molecule has 3 aromatic rings. The first-order valence-electron chi connectivity index (χ1n) is 9.12. The van der Waals surface area contributed by atoms with Gasteiger partial charge in [-0.05, 0) is 44.0 Å². The van der Waals surface area contributed by atoms with Crippen LogP contribution in [0.2, 0.25) is 0 Å². The third-order valence-electron chi connectivity index (χ3n) is 4.69. The van der Waals surface area contributed by atoms with Crippen molar-refractivity contribution >= 4 is 40.4 Å². The predicted octanol–water partition coefficient (Wildman–Crippen LogP) is 3.83. The van der Waals surface area contributed by atoms with E-state index < -0.39 is 12.1 Å². The number of fused-ring (bicyclic) bond motifs is 2. The highest BCUT2D eigenvalue weighted by molar-refractivity contribution is 7.99. The number of rotatable bonds is 5. The molecule has 1 amide bonds. The Morgan fingerprint density at radius 2 is 2.00 bits per heavy atom. The molecule has 0 bridgehead atoms. The molecule has 1 aromatic heterocycles. The lowest BCUT2D eigenvalue weighted by atomic mass is 10.1. The van der Waals surface area contributed by atoms with Crippen LogP contribution in [0.25, 0.3) is 11.1 Å². The first-order chi connectivity index (χ1) is 13.5. The average molecular weight is 396 g/mol. The van der Waals surface area contributed by atoms with Crippen molar-refractivity contribution in [1.29, 1.82) is 0 Å². The van der Waals surface area contributed by atoms with E-state index in [-0.39, 0.29) is 17.7 Å². The molecule has 6 nitrogen and oxygen atoms in total. The molecule has 1 aliphatic heterocycles. The second-order valence-corrected chi connectivity index (χ2v) is 7.68. The average Bonchev–Trinajstić information content (AvgIpc) is 3.25. The number of hydrogen-bond donors (Lipinski definition) is 0. The summed E-state index contributed by atoms with van der Waals surface area (Å²) in [5, 5.41) is 0.402. The number of carbonyl (C=O) groups excluding carboxylic acids is 2. The molecule has 2 aromatic carbocycles. The lowest BCUT2D eigenvalue weighted by Gasteiger charge is -2.25. The van der Waals surface area contributed by atoms with E-state index in [4.69, 9.17) is 9.15 Å². The van der Waals surface area contributed by atoms with Crippen molar-refractivity contribution in [2.45, 2.75) is 37.6 Å². The first kappa shape index (κ1) is 18.6. The quantitative estimate of drug-likeness (QED) is 0.482. The molecule has 0 aliphatic carbocycles. The van der Waals surface area contributed by atoms with E-state index in [9.17, 15) is 9.59 Å². The smallest absolute Gasteiger partial charge is 0.317 e. The Morgan fingerprint density at radius 1 is 1.25 bits per heavy atom. The highest BCUT2D eigenvalue weighted by atomic mass is 32.2. The van der Waals surface area contributed by atoms with Gasteiger partial charge in [0.15, 0.2) is 11.7 Å². The zero-order chi connectivity index (χ0) is 19.7. The van der Waals surface area contributed by atoms with Gasteiger partial charge in [0.2, 0.25) is 0 Å². The minimum atomic E-state index is -0.856. The van der Waals surface area contributed by atoms with E-state index in [1.165, 1.54) is 0 Å².